The largest absolute Gasteiger partial charge is 0.573 e. The number of hydrogen-bond donors (Lipinski definition) is 3. The van der Waals surface area contributed by atoms with Crippen molar-refractivity contribution < 1.29 is 27.5 Å². The lowest BCUT2D eigenvalue weighted by molar-refractivity contribution is -0.274. The molecule has 31 heavy (non-hydrogen) atoms. The van der Waals surface area contributed by atoms with E-state index in [1.165, 1.54) is 18.2 Å². The molecule has 11 heteroatoms. The number of halogens is 3. The zero-order valence-corrected chi connectivity index (χ0v) is 17.5. The first-order valence-electron chi connectivity index (χ1n) is 10.2. The highest BCUT2D eigenvalue weighted by molar-refractivity contribution is 7.22. The Morgan fingerprint density at radius 2 is 1.84 bits per heavy atom. The molecule has 2 saturated carbocycles. The van der Waals surface area contributed by atoms with Crippen molar-refractivity contribution in [3.8, 4) is 5.75 Å². The number of ether oxygens (including phenoxy) is 1. The number of nitrogens with two attached hydrogens (primary N) is 1. The van der Waals surface area contributed by atoms with Gasteiger partial charge in [-0.25, -0.2) is 4.98 Å². The molecule has 4 N–H and O–H groups in total. The maximum Gasteiger partial charge on any atom is 0.573 e. The number of benzene rings is 1. The van der Waals surface area contributed by atoms with Crippen LogP contribution in [-0.4, -0.2) is 35.2 Å². The smallest absolute Gasteiger partial charge is 0.406 e. The van der Waals surface area contributed by atoms with Gasteiger partial charge in [-0.2, -0.15) is 0 Å². The standard InChI is InChI=1S/C20H23F3N4O3S/c21-20(22,23)30-12-4-5-13-14(10-12)31-17(25-13)26-16(29)19(8-3-9-19)27-15(28)18(11-24)6-1-2-7-18/h4-5,10H,1-3,6-9,11,24H2,(H,27,28)(H,25,26,29). The SMILES string of the molecule is NCC1(C(=O)NC2(C(=O)Nc3nc4ccc(OC(F)(F)F)cc4s3)CCC2)CCCC1. The topological polar surface area (TPSA) is 106 Å². The van der Waals surface area contributed by atoms with Gasteiger partial charge >= 0.3 is 6.36 Å². The molecule has 2 fully saturated rings. The van der Waals surface area contributed by atoms with Crippen molar-refractivity contribution in [3.05, 3.63) is 18.2 Å². The van der Waals surface area contributed by atoms with Gasteiger partial charge in [0.15, 0.2) is 5.13 Å². The number of anilines is 1. The van der Waals surface area contributed by atoms with E-state index in [2.05, 4.69) is 20.4 Å². The van der Waals surface area contributed by atoms with Crippen molar-refractivity contribution in [2.24, 2.45) is 11.1 Å². The second-order valence-corrected chi connectivity index (χ2v) is 9.26. The van der Waals surface area contributed by atoms with E-state index in [1.807, 2.05) is 0 Å². The van der Waals surface area contributed by atoms with Crippen LogP contribution in [0.1, 0.15) is 44.9 Å². The lowest BCUT2D eigenvalue weighted by Crippen LogP contribution is -2.64. The lowest BCUT2D eigenvalue weighted by Gasteiger charge is -2.42. The molecular weight excluding hydrogens is 433 g/mol. The Balaban J connectivity index is 1.48. The van der Waals surface area contributed by atoms with Gasteiger partial charge < -0.3 is 15.8 Å². The highest BCUT2D eigenvalue weighted by atomic mass is 32.1. The fraction of sp³-hybridized carbons (Fsp3) is 0.550. The Morgan fingerprint density at radius 3 is 2.42 bits per heavy atom. The molecule has 0 spiro atoms. The van der Waals surface area contributed by atoms with Gasteiger partial charge in [0.05, 0.1) is 15.6 Å². The number of nitrogens with one attached hydrogen (secondary N) is 2. The number of alkyl halides is 3. The molecule has 1 aromatic carbocycles. The molecule has 2 aliphatic carbocycles. The third-order valence-electron chi connectivity index (χ3n) is 6.24. The van der Waals surface area contributed by atoms with Crippen molar-refractivity contribution in [1.82, 2.24) is 10.3 Å². The van der Waals surface area contributed by atoms with E-state index in [9.17, 15) is 22.8 Å². The van der Waals surface area contributed by atoms with Crippen LogP contribution in [0.25, 0.3) is 10.2 Å². The number of fused-ring (bicyclic) bond motifs is 1. The van der Waals surface area contributed by atoms with Crippen molar-refractivity contribution in [1.29, 1.82) is 0 Å². The summed E-state index contributed by atoms with van der Waals surface area (Å²) in [5.74, 6) is -0.906. The maximum atomic E-state index is 13.0. The average Bonchev–Trinajstić information content (AvgIpc) is 3.29. The van der Waals surface area contributed by atoms with Crippen molar-refractivity contribution in [3.63, 3.8) is 0 Å². The zero-order valence-electron chi connectivity index (χ0n) is 16.7. The Morgan fingerprint density at radius 1 is 1.13 bits per heavy atom. The number of nitrogens with zero attached hydrogens (tertiary/aromatic N) is 1. The highest BCUT2D eigenvalue weighted by Crippen LogP contribution is 2.40. The molecule has 7 nitrogen and oxygen atoms in total. The quantitative estimate of drug-likeness (QED) is 0.615. The molecule has 2 amide bonds. The summed E-state index contributed by atoms with van der Waals surface area (Å²) in [7, 11) is 0. The second-order valence-electron chi connectivity index (χ2n) is 8.23. The number of carbonyl (C=O) groups is 2. The fourth-order valence-electron chi connectivity index (χ4n) is 4.24. The van der Waals surface area contributed by atoms with Crippen molar-refractivity contribution in [2.45, 2.75) is 56.8 Å². The van der Waals surface area contributed by atoms with Crippen LogP contribution in [0.15, 0.2) is 18.2 Å². The third kappa shape index (κ3) is 4.33. The molecule has 1 heterocycles. The van der Waals surface area contributed by atoms with Gasteiger partial charge in [-0.05, 0) is 44.2 Å². The summed E-state index contributed by atoms with van der Waals surface area (Å²) < 4.78 is 41.7. The molecule has 0 bridgehead atoms. The fourth-order valence-corrected chi connectivity index (χ4v) is 5.13. The molecule has 2 aromatic rings. The van der Waals surface area contributed by atoms with Crippen LogP contribution in [0.4, 0.5) is 18.3 Å². The van der Waals surface area contributed by atoms with Gasteiger partial charge in [0.1, 0.15) is 11.3 Å². The average molecular weight is 456 g/mol. The van der Waals surface area contributed by atoms with Crippen LogP contribution in [0.5, 0.6) is 5.75 Å². The Bertz CT molecular complexity index is 997. The van der Waals surface area contributed by atoms with Crippen molar-refractivity contribution >= 4 is 38.5 Å². The summed E-state index contributed by atoms with van der Waals surface area (Å²) in [4.78, 5) is 30.3. The molecule has 0 atom stereocenters. The highest BCUT2D eigenvalue weighted by Gasteiger charge is 2.50. The number of hydrogen-bond acceptors (Lipinski definition) is 6. The maximum absolute atomic E-state index is 13.0. The van der Waals surface area contributed by atoms with E-state index in [4.69, 9.17) is 5.73 Å². The molecule has 4 rings (SSSR count). The van der Waals surface area contributed by atoms with Crippen molar-refractivity contribution in [2.75, 3.05) is 11.9 Å². The number of aromatic nitrogens is 1. The van der Waals surface area contributed by atoms with Crippen LogP contribution in [0.2, 0.25) is 0 Å². The van der Waals surface area contributed by atoms with E-state index >= 15 is 0 Å². The first-order chi connectivity index (χ1) is 14.6. The van der Waals surface area contributed by atoms with Gasteiger partial charge in [-0.1, -0.05) is 24.2 Å². The van der Waals surface area contributed by atoms with Gasteiger partial charge in [-0.15, -0.1) is 13.2 Å². The first-order valence-corrected chi connectivity index (χ1v) is 11.0. The lowest BCUT2D eigenvalue weighted by atomic mass is 9.74. The second kappa shape index (κ2) is 7.94. The van der Waals surface area contributed by atoms with E-state index in [0.29, 0.717) is 35.9 Å². The summed E-state index contributed by atoms with van der Waals surface area (Å²) in [6.07, 6.45) is 0.358. The number of thiazole rings is 1. The van der Waals surface area contributed by atoms with Crippen LogP contribution in [-0.2, 0) is 9.59 Å². The molecule has 0 radical (unpaired) electrons. The molecular formula is C20H23F3N4O3S. The van der Waals surface area contributed by atoms with E-state index in [0.717, 1.165) is 30.6 Å². The van der Waals surface area contributed by atoms with Gasteiger partial charge in [-0.3, -0.25) is 14.9 Å². The summed E-state index contributed by atoms with van der Waals surface area (Å²) in [5, 5.41) is 5.93. The predicted molar refractivity (Wildman–Crippen MR) is 110 cm³/mol. The predicted octanol–water partition coefficient (Wildman–Crippen LogP) is 3.69. The molecule has 1 aromatic heterocycles. The first kappa shape index (κ1) is 21.8. The van der Waals surface area contributed by atoms with E-state index in [-0.39, 0.29) is 29.2 Å². The number of carbonyl (C=O) groups excluding carboxylic acids is 2. The summed E-state index contributed by atoms with van der Waals surface area (Å²) in [6.45, 7) is 0.247. The van der Waals surface area contributed by atoms with Gasteiger partial charge in [0.2, 0.25) is 5.91 Å². The summed E-state index contributed by atoms with van der Waals surface area (Å²) >= 11 is 1.04. The van der Waals surface area contributed by atoms with Gasteiger partial charge in [0, 0.05) is 12.6 Å². The van der Waals surface area contributed by atoms with Crippen LogP contribution >= 0.6 is 11.3 Å². The Hall–Kier alpha value is -2.40. The van der Waals surface area contributed by atoms with Gasteiger partial charge in [0.25, 0.3) is 5.91 Å². The number of rotatable bonds is 6. The Kier molecular flexibility index (Phi) is 5.59. The normalized spacial score (nSPS) is 19.6. The minimum Gasteiger partial charge on any atom is -0.406 e. The third-order valence-corrected chi connectivity index (χ3v) is 7.18. The molecule has 0 saturated heterocycles. The number of amides is 2. The monoisotopic (exact) mass is 456 g/mol. The zero-order chi connectivity index (χ0) is 22.3. The van der Waals surface area contributed by atoms with Crippen LogP contribution < -0.4 is 21.1 Å². The summed E-state index contributed by atoms with van der Waals surface area (Å²) in [5.41, 5.74) is 4.70. The minimum absolute atomic E-state index is 0.180. The molecule has 0 aliphatic heterocycles. The van der Waals surface area contributed by atoms with E-state index < -0.39 is 17.3 Å². The summed E-state index contributed by atoms with van der Waals surface area (Å²) in [6, 6.07) is 3.79. The molecule has 168 valence electrons. The minimum atomic E-state index is -4.79. The van der Waals surface area contributed by atoms with Crippen LogP contribution in [0, 0.1) is 5.41 Å². The van der Waals surface area contributed by atoms with Crippen LogP contribution in [0.3, 0.4) is 0 Å². The molecule has 2 aliphatic rings. The molecule has 0 unspecified atom stereocenters. The van der Waals surface area contributed by atoms with E-state index in [1.54, 1.807) is 0 Å². The Labute approximate surface area is 180 Å².